The van der Waals surface area contributed by atoms with Crippen molar-refractivity contribution in [2.75, 3.05) is 36.0 Å². The Balaban J connectivity index is 1.38. The normalized spacial score (nSPS) is 19.9. The number of rotatable bonds is 6. The second-order valence-corrected chi connectivity index (χ2v) is 8.48. The molecule has 2 aromatic rings. The van der Waals surface area contributed by atoms with Gasteiger partial charge in [-0.2, -0.15) is 0 Å². The fourth-order valence-corrected chi connectivity index (χ4v) is 4.45. The Bertz CT molecular complexity index is 899. The van der Waals surface area contributed by atoms with Gasteiger partial charge in [-0.15, -0.1) is 0 Å². The van der Waals surface area contributed by atoms with Crippen LogP contribution in [0.3, 0.4) is 0 Å². The van der Waals surface area contributed by atoms with Crippen molar-refractivity contribution in [3.05, 3.63) is 47.9 Å². The summed E-state index contributed by atoms with van der Waals surface area (Å²) in [4.78, 5) is 19.7. The summed E-state index contributed by atoms with van der Waals surface area (Å²) in [5, 5.41) is 2.88. The van der Waals surface area contributed by atoms with E-state index in [1.165, 1.54) is 13.3 Å². The number of amides is 1. The number of benzene rings is 1. The zero-order valence-electron chi connectivity index (χ0n) is 18.3. The molecule has 0 unspecified atom stereocenters. The zero-order valence-corrected chi connectivity index (χ0v) is 18.3. The van der Waals surface area contributed by atoms with Crippen molar-refractivity contribution in [1.29, 1.82) is 0 Å². The molecule has 0 bridgehead atoms. The predicted molar refractivity (Wildman–Crippen MR) is 120 cm³/mol. The van der Waals surface area contributed by atoms with Crippen LogP contribution in [0.5, 0.6) is 5.75 Å². The van der Waals surface area contributed by atoms with Crippen molar-refractivity contribution in [2.24, 2.45) is 0 Å². The van der Waals surface area contributed by atoms with Gasteiger partial charge in [0.2, 0.25) is 5.91 Å². The third kappa shape index (κ3) is 5.09. The van der Waals surface area contributed by atoms with Gasteiger partial charge in [-0.05, 0) is 49.9 Å². The summed E-state index contributed by atoms with van der Waals surface area (Å²) in [5.74, 6) is 0.993. The Hall–Kier alpha value is -2.83. The van der Waals surface area contributed by atoms with E-state index >= 15 is 4.39 Å². The molecule has 0 spiro atoms. The van der Waals surface area contributed by atoms with Crippen LogP contribution in [0, 0.1) is 5.82 Å². The number of anilines is 2. The van der Waals surface area contributed by atoms with Gasteiger partial charge in [0, 0.05) is 39.2 Å². The Morgan fingerprint density at radius 3 is 2.58 bits per heavy atom. The average molecular weight is 427 g/mol. The molecule has 0 radical (unpaired) electrons. The highest BCUT2D eigenvalue weighted by Gasteiger charge is 2.28. The van der Waals surface area contributed by atoms with Gasteiger partial charge < -0.3 is 19.9 Å². The number of piperidine rings is 1. The number of ether oxygens (including phenoxy) is 1. The van der Waals surface area contributed by atoms with E-state index in [1.807, 2.05) is 31.2 Å². The Morgan fingerprint density at radius 2 is 1.87 bits per heavy atom. The van der Waals surface area contributed by atoms with Gasteiger partial charge in [-0.1, -0.05) is 12.1 Å². The minimum atomic E-state index is -0.221. The Labute approximate surface area is 183 Å². The van der Waals surface area contributed by atoms with Crippen LogP contribution >= 0.6 is 0 Å². The van der Waals surface area contributed by atoms with E-state index in [4.69, 9.17) is 4.74 Å². The van der Waals surface area contributed by atoms with E-state index < -0.39 is 0 Å². The lowest BCUT2D eigenvalue weighted by Gasteiger charge is -2.29. The lowest BCUT2D eigenvalue weighted by Crippen LogP contribution is -2.32. The highest BCUT2D eigenvalue weighted by Crippen LogP contribution is 2.31. The fourth-order valence-electron chi connectivity index (χ4n) is 4.45. The molecule has 31 heavy (non-hydrogen) atoms. The van der Waals surface area contributed by atoms with Gasteiger partial charge in [-0.25, -0.2) is 9.37 Å². The van der Waals surface area contributed by atoms with Gasteiger partial charge in [0.1, 0.15) is 11.9 Å². The summed E-state index contributed by atoms with van der Waals surface area (Å²) in [5.41, 5.74) is 1.64. The summed E-state index contributed by atoms with van der Waals surface area (Å²) in [6.07, 6.45) is 5.94. The molecule has 3 heterocycles. The number of nitrogens with zero attached hydrogens (tertiary/aromatic N) is 3. The lowest BCUT2D eigenvalue weighted by atomic mass is 10.1. The molecule has 1 amide bonds. The molecule has 2 fully saturated rings. The third-order valence-electron chi connectivity index (χ3n) is 6.09. The van der Waals surface area contributed by atoms with Crippen LogP contribution in [0.2, 0.25) is 0 Å². The van der Waals surface area contributed by atoms with E-state index in [1.54, 1.807) is 12.3 Å². The van der Waals surface area contributed by atoms with E-state index in [0.717, 1.165) is 50.2 Å². The number of hydrogen-bond acceptors (Lipinski definition) is 5. The lowest BCUT2D eigenvalue weighted by molar-refractivity contribution is -0.119. The fraction of sp³-hybridized carbons (Fsp3) is 0.500. The topological polar surface area (TPSA) is 57.7 Å². The number of hydrogen-bond donors (Lipinski definition) is 1. The van der Waals surface area contributed by atoms with E-state index in [-0.39, 0.29) is 23.9 Å². The first-order chi connectivity index (χ1) is 15.0. The van der Waals surface area contributed by atoms with Crippen molar-refractivity contribution >= 4 is 17.4 Å². The number of pyridine rings is 1. The van der Waals surface area contributed by atoms with Gasteiger partial charge in [0.05, 0.1) is 18.3 Å². The molecule has 2 atom stereocenters. The first-order valence-electron chi connectivity index (χ1n) is 11.2. The Morgan fingerprint density at radius 1 is 1.13 bits per heavy atom. The summed E-state index contributed by atoms with van der Waals surface area (Å²) in [7, 11) is 0. The van der Waals surface area contributed by atoms with Crippen LogP contribution in [0.15, 0.2) is 36.5 Å². The molecule has 1 N–H and O–H groups in total. The highest BCUT2D eigenvalue weighted by molar-refractivity contribution is 5.73. The number of carbonyl (C=O) groups excluding carboxylic acids is 1. The summed E-state index contributed by atoms with van der Waals surface area (Å²) in [6.45, 7) is 6.60. The number of nitrogens with one attached hydrogen (secondary N) is 1. The molecule has 2 aliphatic heterocycles. The molecule has 0 saturated carbocycles. The molecule has 7 heteroatoms. The largest absolute Gasteiger partial charge is 0.489 e. The molecule has 1 aromatic heterocycles. The quantitative estimate of drug-likeness (QED) is 0.755. The molecule has 6 nitrogen and oxygen atoms in total. The number of carbonyl (C=O) groups is 1. The summed E-state index contributed by atoms with van der Waals surface area (Å²) >= 11 is 0. The van der Waals surface area contributed by atoms with E-state index in [9.17, 15) is 4.79 Å². The van der Waals surface area contributed by atoms with E-state index in [0.29, 0.717) is 18.1 Å². The van der Waals surface area contributed by atoms with Crippen LogP contribution in [-0.2, 0) is 4.79 Å². The third-order valence-corrected chi connectivity index (χ3v) is 6.09. The molecule has 0 aliphatic carbocycles. The van der Waals surface area contributed by atoms with Crippen molar-refractivity contribution in [1.82, 2.24) is 10.3 Å². The van der Waals surface area contributed by atoms with E-state index in [2.05, 4.69) is 20.1 Å². The van der Waals surface area contributed by atoms with Crippen LogP contribution in [0.1, 0.15) is 51.1 Å². The van der Waals surface area contributed by atoms with Crippen LogP contribution in [0.4, 0.5) is 15.9 Å². The van der Waals surface area contributed by atoms with Gasteiger partial charge >= 0.3 is 0 Å². The van der Waals surface area contributed by atoms with Gasteiger partial charge in [-0.3, -0.25) is 4.79 Å². The molecular formula is C24H31FN4O2. The first-order valence-corrected chi connectivity index (χ1v) is 11.2. The standard InChI is InChI=1S/C24H31FN4O2/c1-17(27-18(2)30)19-6-8-20(9-7-19)31-21-11-15-29(16-21)22-10-12-26-24(23(22)25)28-13-4-3-5-14-28/h6-10,12,17,21H,3-5,11,13-16H2,1-2H3,(H,27,30)/t17-,21+/m0/s1. The average Bonchev–Trinajstić information content (AvgIpc) is 3.22. The van der Waals surface area contributed by atoms with Gasteiger partial charge in [0.15, 0.2) is 11.6 Å². The van der Waals surface area contributed by atoms with Crippen molar-refractivity contribution in [3.63, 3.8) is 0 Å². The maximum atomic E-state index is 15.3. The maximum Gasteiger partial charge on any atom is 0.217 e. The first kappa shape index (κ1) is 21.4. The molecule has 4 rings (SSSR count). The number of halogens is 1. The molecule has 166 valence electrons. The van der Waals surface area contributed by atoms with Crippen LogP contribution in [-0.4, -0.2) is 43.2 Å². The maximum absolute atomic E-state index is 15.3. The summed E-state index contributed by atoms with van der Waals surface area (Å²) in [6, 6.07) is 9.52. The Kier molecular flexibility index (Phi) is 6.59. The minimum absolute atomic E-state index is 0.00428. The highest BCUT2D eigenvalue weighted by atomic mass is 19.1. The predicted octanol–water partition coefficient (Wildman–Crippen LogP) is 4.07. The second kappa shape index (κ2) is 9.54. The molecule has 2 aliphatic rings. The van der Waals surface area contributed by atoms with Crippen molar-refractivity contribution in [2.45, 2.75) is 51.7 Å². The molecule has 1 aromatic carbocycles. The van der Waals surface area contributed by atoms with Crippen LogP contribution in [0.25, 0.3) is 0 Å². The monoisotopic (exact) mass is 426 g/mol. The summed E-state index contributed by atoms with van der Waals surface area (Å²) < 4.78 is 21.4. The smallest absolute Gasteiger partial charge is 0.217 e. The molecule has 2 saturated heterocycles. The van der Waals surface area contributed by atoms with Crippen molar-refractivity contribution < 1.29 is 13.9 Å². The number of aromatic nitrogens is 1. The van der Waals surface area contributed by atoms with Crippen molar-refractivity contribution in [3.8, 4) is 5.75 Å². The van der Waals surface area contributed by atoms with Gasteiger partial charge in [0.25, 0.3) is 0 Å². The molecular weight excluding hydrogens is 395 g/mol. The van der Waals surface area contributed by atoms with Crippen LogP contribution < -0.4 is 19.9 Å². The SMILES string of the molecule is CC(=O)N[C@@H](C)c1ccc(O[C@@H]2CCN(c3ccnc(N4CCCCC4)c3F)C2)cc1. The zero-order chi connectivity index (χ0) is 21.8. The second-order valence-electron chi connectivity index (χ2n) is 8.48. The minimum Gasteiger partial charge on any atom is -0.489 e.